The molecule has 8 rings (SSSR count). The van der Waals surface area contributed by atoms with E-state index in [0.717, 1.165) is 64.2 Å². The third kappa shape index (κ3) is 16.9. The van der Waals surface area contributed by atoms with Crippen LogP contribution in [0, 0.1) is 34.9 Å². The maximum atomic E-state index is 14.8. The zero-order chi connectivity index (χ0) is 64.8. The maximum absolute atomic E-state index is 14.8. The van der Waals surface area contributed by atoms with E-state index >= 15 is 0 Å². The monoisotopic (exact) mass is 1280 g/mol. The molecule has 8 aromatic rings. The number of tetrazole rings is 2. The molecule has 35 heteroatoms. The van der Waals surface area contributed by atoms with Crippen molar-refractivity contribution in [2.24, 2.45) is 19.8 Å². The summed E-state index contributed by atoms with van der Waals surface area (Å²) in [5.41, 5.74) is -2.28. The molecule has 1 amide bonds. The van der Waals surface area contributed by atoms with Crippen molar-refractivity contribution in [2.75, 3.05) is 0 Å². The number of carbonyl (C=O) groups excluding carboxylic acids is 2. The molecule has 2 aromatic heterocycles. The van der Waals surface area contributed by atoms with E-state index in [4.69, 9.17) is 17.3 Å². The third-order valence-electron chi connectivity index (χ3n) is 11.8. The number of aryl methyl sites for hydroxylation is 2. The minimum atomic E-state index is -5.21. The van der Waals surface area contributed by atoms with Gasteiger partial charge in [-0.15, -0.1) is 20.4 Å². The molecule has 6 aromatic carbocycles. The van der Waals surface area contributed by atoms with Gasteiger partial charge in [0.1, 0.15) is 46.4 Å². The van der Waals surface area contributed by atoms with Crippen LogP contribution in [-0.4, -0.2) is 76.6 Å². The second-order valence-corrected chi connectivity index (χ2v) is 18.4. The number of nitrogens with two attached hydrogens (primary N) is 1. The zero-order valence-electron chi connectivity index (χ0n) is 43.3. The molecular formula is C52H35ClF20N10O4. The molecule has 0 saturated carbocycles. The van der Waals surface area contributed by atoms with E-state index in [-0.39, 0.29) is 46.4 Å². The van der Waals surface area contributed by atoms with Crippen LogP contribution < -0.4 is 20.5 Å². The van der Waals surface area contributed by atoms with Gasteiger partial charge in [0.25, 0.3) is 11.1 Å². The second kappa shape index (κ2) is 26.3. The summed E-state index contributed by atoms with van der Waals surface area (Å²) in [5, 5.41) is 24.1. The highest BCUT2D eigenvalue weighted by Gasteiger charge is 2.47. The molecule has 0 aliphatic heterocycles. The molecule has 0 spiro atoms. The molecule has 0 radical (unpaired) electrons. The Kier molecular flexibility index (Phi) is 20.3. The second-order valence-electron chi connectivity index (χ2n) is 18.0. The standard InChI is InChI=1S/C26H17F10N5O2.C18H15F6N5O.C8H3ClF4O/c1-41-39-21(38-40-41)12-24(14-3-5-16(27)6-4-14,15-9-17(28)11-18(10-15)43-26(35,36)23(30)31)37-22(42)13-2-7-20(29)19(8-13)25(32,33)34;1-29-27-15(26-28-29)9-17(25,10-2-4-12(19)5-3-10)11-6-13(20)8-14(7-11)30-18(23,24)16(21)22;9-7(14)4-1-2-6(10)5(3-4)8(11,12)13/h2-11,23H,12H2,1H3,(H,37,42);2-8,16H,9,25H2,1H3;1-3H/t24-;17-;/m11./s1. The normalized spacial score (nSPS) is 13.4. The molecule has 2 heterocycles. The summed E-state index contributed by atoms with van der Waals surface area (Å²) in [5.74, 6) is -10.3. The van der Waals surface area contributed by atoms with Crippen molar-refractivity contribution in [3.63, 3.8) is 0 Å². The maximum Gasteiger partial charge on any atom is 0.461 e. The Balaban J connectivity index is 0.000000236. The minimum Gasteiger partial charge on any atom is -0.428 e. The number of nitrogens with zero attached hydrogens (tertiary/aromatic N) is 8. The first-order chi connectivity index (χ1) is 40.3. The fourth-order valence-electron chi connectivity index (χ4n) is 7.85. The van der Waals surface area contributed by atoms with Gasteiger partial charge in [-0.3, -0.25) is 9.59 Å². The van der Waals surface area contributed by atoms with Gasteiger partial charge in [-0.25, -0.2) is 26.3 Å². The average Bonchev–Trinajstić information content (AvgIpc) is 1.47. The Morgan fingerprint density at radius 1 is 0.517 bits per heavy atom. The molecule has 0 fully saturated rings. The summed E-state index contributed by atoms with van der Waals surface area (Å²) in [6, 6.07) is 15.9. The number of amides is 1. The van der Waals surface area contributed by atoms with E-state index < -0.39 is 135 Å². The zero-order valence-corrected chi connectivity index (χ0v) is 44.1. The summed E-state index contributed by atoms with van der Waals surface area (Å²) in [7, 11) is 2.83. The number of rotatable bonds is 17. The van der Waals surface area contributed by atoms with Crippen LogP contribution in [0.25, 0.3) is 0 Å². The number of ether oxygens (including phenoxy) is 2. The van der Waals surface area contributed by atoms with Gasteiger partial charge in [0, 0.05) is 36.1 Å². The first-order valence-corrected chi connectivity index (χ1v) is 24.0. The molecule has 2 atom stereocenters. The highest BCUT2D eigenvalue weighted by molar-refractivity contribution is 6.67. The SMILES string of the molecule is Cn1nnc(C[C@@](N)(c2ccc(F)cc2)c2cc(F)cc(OC(F)(F)C(F)F)c2)n1.Cn1nnc(C[C@@](NC(=O)c2ccc(F)c(C(F)(F)F)c2)(c2ccc(F)cc2)c2cc(F)cc(OC(F)(F)C(F)F)c2)n1.O=C(Cl)c1ccc(F)c(C(F)(F)F)c1. The number of alkyl halides is 14. The number of hydrogen-bond donors (Lipinski definition) is 2. The highest BCUT2D eigenvalue weighted by atomic mass is 35.5. The smallest absolute Gasteiger partial charge is 0.428 e. The van der Waals surface area contributed by atoms with Gasteiger partial charge in [-0.05, 0) is 129 Å². The van der Waals surface area contributed by atoms with E-state index in [0.29, 0.717) is 48.5 Å². The molecule has 0 saturated heterocycles. The minimum absolute atomic E-state index is 0.110. The van der Waals surface area contributed by atoms with Crippen LogP contribution in [0.5, 0.6) is 11.5 Å². The van der Waals surface area contributed by atoms with Crippen LogP contribution in [0.2, 0.25) is 0 Å². The van der Waals surface area contributed by atoms with Crippen molar-refractivity contribution in [3.05, 3.63) is 212 Å². The largest absolute Gasteiger partial charge is 0.461 e. The number of carbonyl (C=O) groups is 2. The summed E-state index contributed by atoms with van der Waals surface area (Å²) in [6.45, 7) is 0. The van der Waals surface area contributed by atoms with Crippen molar-refractivity contribution in [1.29, 1.82) is 0 Å². The molecule has 3 N–H and O–H groups in total. The number of benzene rings is 6. The van der Waals surface area contributed by atoms with Crippen LogP contribution in [0.4, 0.5) is 87.8 Å². The van der Waals surface area contributed by atoms with Gasteiger partial charge < -0.3 is 20.5 Å². The van der Waals surface area contributed by atoms with E-state index in [1.54, 1.807) is 0 Å². The summed E-state index contributed by atoms with van der Waals surface area (Å²) >= 11 is 4.95. The number of nitrogens with one attached hydrogen (secondary N) is 1. The molecular weight excluding hydrogens is 1240 g/mol. The molecule has 464 valence electrons. The Bertz CT molecular complexity index is 3720. The van der Waals surface area contributed by atoms with E-state index in [1.807, 2.05) is 0 Å². The summed E-state index contributed by atoms with van der Waals surface area (Å²) in [4.78, 5) is 26.1. The molecule has 14 nitrogen and oxygen atoms in total. The van der Waals surface area contributed by atoms with Gasteiger partial charge >= 0.3 is 37.4 Å². The fourth-order valence-corrected chi connectivity index (χ4v) is 7.97. The predicted octanol–water partition coefficient (Wildman–Crippen LogP) is 12.2. The van der Waals surface area contributed by atoms with Crippen molar-refractivity contribution < 1.29 is 107 Å². The van der Waals surface area contributed by atoms with Gasteiger partial charge in [0.2, 0.25) is 0 Å². The van der Waals surface area contributed by atoms with E-state index in [1.165, 1.54) is 26.2 Å². The van der Waals surface area contributed by atoms with Gasteiger partial charge in [-0.2, -0.15) is 71.1 Å². The Morgan fingerprint density at radius 3 is 1.33 bits per heavy atom. The van der Waals surface area contributed by atoms with Gasteiger partial charge in [0.15, 0.2) is 11.6 Å². The Morgan fingerprint density at radius 2 is 0.920 bits per heavy atom. The average molecular weight is 1280 g/mol. The highest BCUT2D eigenvalue weighted by Crippen LogP contribution is 2.40. The van der Waals surface area contributed by atoms with Crippen molar-refractivity contribution in [3.8, 4) is 11.5 Å². The van der Waals surface area contributed by atoms with Gasteiger partial charge in [-0.1, -0.05) is 24.3 Å². The van der Waals surface area contributed by atoms with Crippen molar-refractivity contribution in [2.45, 2.75) is 61.3 Å². The molecule has 87 heavy (non-hydrogen) atoms. The number of aromatic nitrogens is 8. The van der Waals surface area contributed by atoms with E-state index in [2.05, 4.69) is 45.6 Å². The van der Waals surface area contributed by atoms with Crippen LogP contribution in [-0.2, 0) is 50.4 Å². The first kappa shape index (κ1) is 67.2. The molecule has 0 unspecified atom stereocenters. The van der Waals surface area contributed by atoms with E-state index in [9.17, 15) is 97.4 Å². The topological polar surface area (TPSA) is 178 Å². The Labute approximate surface area is 479 Å². The molecule has 0 aliphatic rings. The first-order valence-electron chi connectivity index (χ1n) is 23.7. The van der Waals surface area contributed by atoms with Crippen molar-refractivity contribution in [1.82, 2.24) is 45.7 Å². The summed E-state index contributed by atoms with van der Waals surface area (Å²) < 4.78 is 272. The predicted molar refractivity (Wildman–Crippen MR) is 260 cm³/mol. The quantitative estimate of drug-likeness (QED) is 0.0655. The van der Waals surface area contributed by atoms with Crippen LogP contribution >= 0.6 is 11.6 Å². The van der Waals surface area contributed by atoms with Crippen LogP contribution in [0.1, 0.15) is 65.7 Å². The van der Waals surface area contributed by atoms with Crippen LogP contribution in [0.3, 0.4) is 0 Å². The molecule has 0 aliphatic carbocycles. The number of hydrogen-bond acceptors (Lipinski definition) is 11. The fraction of sp³-hybridized carbons (Fsp3) is 0.231. The third-order valence-corrected chi connectivity index (χ3v) is 12.0. The summed E-state index contributed by atoms with van der Waals surface area (Å²) in [6.07, 6.45) is -29.2. The lowest BCUT2D eigenvalue weighted by molar-refractivity contribution is -0.253. The lowest BCUT2D eigenvalue weighted by Gasteiger charge is -2.36. The molecule has 0 bridgehead atoms. The number of halogens is 21. The lowest BCUT2D eigenvalue weighted by atomic mass is 9.79. The van der Waals surface area contributed by atoms with Gasteiger partial charge in [0.05, 0.1) is 36.3 Å². The van der Waals surface area contributed by atoms with Crippen molar-refractivity contribution >= 4 is 22.8 Å². The Hall–Kier alpha value is -8.95. The lowest BCUT2D eigenvalue weighted by Crippen LogP contribution is -2.49. The van der Waals surface area contributed by atoms with Crippen LogP contribution in [0.15, 0.2) is 121 Å².